The SMILES string of the molecule is OCc1nc(C2CCCSC2)no1. The van der Waals surface area contributed by atoms with Crippen molar-refractivity contribution in [3.05, 3.63) is 11.7 Å². The number of thioether (sulfide) groups is 1. The van der Waals surface area contributed by atoms with E-state index in [0.717, 1.165) is 18.0 Å². The molecule has 72 valence electrons. The first-order chi connectivity index (χ1) is 6.40. The van der Waals surface area contributed by atoms with Crippen molar-refractivity contribution in [1.29, 1.82) is 0 Å². The Morgan fingerprint density at radius 3 is 3.15 bits per heavy atom. The van der Waals surface area contributed by atoms with Crippen LogP contribution in [0.25, 0.3) is 0 Å². The molecule has 5 heteroatoms. The molecule has 1 aromatic heterocycles. The smallest absolute Gasteiger partial charge is 0.252 e. The van der Waals surface area contributed by atoms with Crippen molar-refractivity contribution in [2.45, 2.75) is 25.4 Å². The van der Waals surface area contributed by atoms with Gasteiger partial charge in [-0.3, -0.25) is 0 Å². The van der Waals surface area contributed by atoms with Crippen molar-refractivity contribution >= 4 is 11.8 Å². The summed E-state index contributed by atoms with van der Waals surface area (Å²) in [6, 6.07) is 0. The Kier molecular flexibility index (Phi) is 2.85. The summed E-state index contributed by atoms with van der Waals surface area (Å²) in [4.78, 5) is 4.11. The molecule has 1 aliphatic heterocycles. The van der Waals surface area contributed by atoms with Crippen LogP contribution in [0.1, 0.15) is 30.5 Å². The summed E-state index contributed by atoms with van der Waals surface area (Å²) < 4.78 is 4.85. The minimum absolute atomic E-state index is 0.160. The van der Waals surface area contributed by atoms with Crippen molar-refractivity contribution in [3.8, 4) is 0 Å². The predicted molar refractivity (Wildman–Crippen MR) is 49.5 cm³/mol. The molecule has 0 radical (unpaired) electrons. The topological polar surface area (TPSA) is 59.2 Å². The molecular weight excluding hydrogens is 188 g/mol. The second-order valence-electron chi connectivity index (χ2n) is 3.12. The molecule has 1 aliphatic rings. The minimum atomic E-state index is -0.160. The van der Waals surface area contributed by atoms with Crippen LogP contribution in [0.5, 0.6) is 0 Å². The van der Waals surface area contributed by atoms with Crippen molar-refractivity contribution in [3.63, 3.8) is 0 Å². The molecule has 2 heterocycles. The lowest BCUT2D eigenvalue weighted by Crippen LogP contribution is -2.10. The summed E-state index contributed by atoms with van der Waals surface area (Å²) in [6.45, 7) is -0.160. The van der Waals surface area contributed by atoms with Crippen LogP contribution >= 0.6 is 11.8 Å². The quantitative estimate of drug-likeness (QED) is 0.776. The van der Waals surface area contributed by atoms with Crippen molar-refractivity contribution in [1.82, 2.24) is 10.1 Å². The normalized spacial score (nSPS) is 23.3. The molecule has 0 amide bonds. The Morgan fingerprint density at radius 1 is 1.62 bits per heavy atom. The van der Waals surface area contributed by atoms with Crippen LogP contribution in [0, 0.1) is 0 Å². The fourth-order valence-electron chi connectivity index (χ4n) is 1.44. The molecule has 1 saturated heterocycles. The molecule has 13 heavy (non-hydrogen) atoms. The first-order valence-corrected chi connectivity index (χ1v) is 5.56. The minimum Gasteiger partial charge on any atom is -0.387 e. The zero-order valence-electron chi connectivity index (χ0n) is 7.27. The lowest BCUT2D eigenvalue weighted by Gasteiger charge is -2.17. The number of hydrogen-bond donors (Lipinski definition) is 1. The highest BCUT2D eigenvalue weighted by molar-refractivity contribution is 7.99. The Balaban J connectivity index is 2.05. The summed E-state index contributed by atoms with van der Waals surface area (Å²) >= 11 is 1.93. The number of hydrogen-bond acceptors (Lipinski definition) is 5. The average Bonchev–Trinajstić information content (AvgIpc) is 2.67. The number of nitrogens with zero attached hydrogens (tertiary/aromatic N) is 2. The number of aromatic nitrogens is 2. The fraction of sp³-hybridized carbons (Fsp3) is 0.750. The van der Waals surface area contributed by atoms with Crippen molar-refractivity contribution < 1.29 is 9.63 Å². The molecule has 1 N–H and O–H groups in total. The van der Waals surface area contributed by atoms with Gasteiger partial charge in [0.1, 0.15) is 6.61 Å². The molecule has 1 atom stereocenters. The molecule has 4 nitrogen and oxygen atoms in total. The van der Waals surface area contributed by atoms with Crippen LogP contribution in [0.15, 0.2) is 4.52 Å². The maximum absolute atomic E-state index is 8.75. The Bertz CT molecular complexity index is 271. The lowest BCUT2D eigenvalue weighted by atomic mass is 10.1. The average molecular weight is 200 g/mol. The Hall–Kier alpha value is -0.550. The van der Waals surface area contributed by atoms with E-state index in [2.05, 4.69) is 10.1 Å². The maximum atomic E-state index is 8.75. The third-order valence-corrected chi connectivity index (χ3v) is 3.36. The summed E-state index contributed by atoms with van der Waals surface area (Å²) in [5.41, 5.74) is 0. The van der Waals surface area contributed by atoms with Crippen LogP contribution < -0.4 is 0 Å². The molecule has 1 unspecified atom stereocenters. The van der Waals surface area contributed by atoms with Gasteiger partial charge in [-0.05, 0) is 18.6 Å². The monoisotopic (exact) mass is 200 g/mol. The highest BCUT2D eigenvalue weighted by Gasteiger charge is 2.20. The lowest BCUT2D eigenvalue weighted by molar-refractivity contribution is 0.222. The van der Waals surface area contributed by atoms with Gasteiger partial charge in [-0.2, -0.15) is 16.7 Å². The van der Waals surface area contributed by atoms with Crippen LogP contribution in [0.2, 0.25) is 0 Å². The molecular formula is C8H12N2O2S. The molecule has 0 saturated carbocycles. The van der Waals surface area contributed by atoms with Crippen molar-refractivity contribution in [2.75, 3.05) is 11.5 Å². The van der Waals surface area contributed by atoms with E-state index in [0.29, 0.717) is 11.8 Å². The molecule has 1 aromatic rings. The van der Waals surface area contributed by atoms with E-state index in [1.807, 2.05) is 11.8 Å². The Morgan fingerprint density at radius 2 is 2.54 bits per heavy atom. The highest BCUT2D eigenvalue weighted by Crippen LogP contribution is 2.29. The summed E-state index contributed by atoms with van der Waals surface area (Å²) in [5.74, 6) is 3.82. The largest absolute Gasteiger partial charge is 0.387 e. The van der Waals surface area contributed by atoms with E-state index in [-0.39, 0.29) is 6.61 Å². The standard InChI is InChI=1S/C8H12N2O2S/c11-4-7-9-8(10-12-7)6-2-1-3-13-5-6/h6,11H,1-5H2. The van der Waals surface area contributed by atoms with Crippen LogP contribution in [-0.2, 0) is 6.61 Å². The second-order valence-corrected chi connectivity index (χ2v) is 4.27. The van der Waals surface area contributed by atoms with E-state index in [1.165, 1.54) is 12.2 Å². The van der Waals surface area contributed by atoms with Gasteiger partial charge in [0, 0.05) is 11.7 Å². The highest BCUT2D eigenvalue weighted by atomic mass is 32.2. The fourth-order valence-corrected chi connectivity index (χ4v) is 2.58. The third kappa shape index (κ3) is 2.03. The third-order valence-electron chi connectivity index (χ3n) is 2.14. The number of aliphatic hydroxyl groups excluding tert-OH is 1. The Labute approximate surface area is 80.7 Å². The van der Waals surface area contributed by atoms with Gasteiger partial charge >= 0.3 is 0 Å². The van der Waals surface area contributed by atoms with Crippen molar-refractivity contribution in [2.24, 2.45) is 0 Å². The van der Waals surface area contributed by atoms with E-state index in [1.54, 1.807) is 0 Å². The maximum Gasteiger partial charge on any atom is 0.252 e. The summed E-state index contributed by atoms with van der Waals surface area (Å²) in [7, 11) is 0. The van der Waals surface area contributed by atoms with Gasteiger partial charge in [0.05, 0.1) is 0 Å². The summed E-state index contributed by atoms with van der Waals surface area (Å²) in [6.07, 6.45) is 2.36. The predicted octanol–water partition coefficient (Wildman–Crippen LogP) is 1.17. The van der Waals surface area contributed by atoms with Gasteiger partial charge in [0.25, 0.3) is 5.89 Å². The molecule has 0 aromatic carbocycles. The number of rotatable bonds is 2. The van der Waals surface area contributed by atoms with E-state index in [9.17, 15) is 0 Å². The first kappa shape index (κ1) is 9.02. The molecule has 1 fully saturated rings. The molecule has 0 aliphatic carbocycles. The van der Waals surface area contributed by atoms with Gasteiger partial charge in [0.2, 0.25) is 0 Å². The first-order valence-electron chi connectivity index (χ1n) is 4.41. The van der Waals surface area contributed by atoms with Crippen LogP contribution in [0.3, 0.4) is 0 Å². The zero-order chi connectivity index (χ0) is 9.10. The molecule has 2 rings (SSSR count). The van der Waals surface area contributed by atoms with Gasteiger partial charge in [-0.15, -0.1) is 0 Å². The van der Waals surface area contributed by atoms with Gasteiger partial charge in [-0.1, -0.05) is 5.16 Å². The van der Waals surface area contributed by atoms with Gasteiger partial charge in [0.15, 0.2) is 5.82 Å². The van der Waals surface area contributed by atoms with Gasteiger partial charge in [-0.25, -0.2) is 0 Å². The van der Waals surface area contributed by atoms with E-state index < -0.39 is 0 Å². The number of aliphatic hydroxyl groups is 1. The van der Waals surface area contributed by atoms with Crippen LogP contribution in [-0.4, -0.2) is 26.8 Å². The molecule has 0 spiro atoms. The van der Waals surface area contributed by atoms with Gasteiger partial charge < -0.3 is 9.63 Å². The van der Waals surface area contributed by atoms with Crippen LogP contribution in [0.4, 0.5) is 0 Å². The molecule has 0 bridgehead atoms. The van der Waals surface area contributed by atoms with E-state index >= 15 is 0 Å². The summed E-state index contributed by atoms with van der Waals surface area (Å²) in [5, 5.41) is 12.6. The van der Waals surface area contributed by atoms with E-state index in [4.69, 9.17) is 9.63 Å². The zero-order valence-corrected chi connectivity index (χ0v) is 8.09. The second kappa shape index (κ2) is 4.11.